The maximum Gasteiger partial charge on any atom is 0.232 e. The quantitative estimate of drug-likeness (QED) is 0.709. The summed E-state index contributed by atoms with van der Waals surface area (Å²) in [5.74, 6) is 0.0413. The Hall–Kier alpha value is -2.73. The number of halogens is 2. The number of nitrogens with zero attached hydrogens (tertiary/aromatic N) is 3. The van der Waals surface area contributed by atoms with Gasteiger partial charge in [0.15, 0.2) is 0 Å². The molecule has 1 aromatic heterocycles. The maximum absolute atomic E-state index is 13.4. The molecule has 7 heteroatoms. The van der Waals surface area contributed by atoms with Crippen LogP contribution in [0.4, 0.5) is 10.1 Å². The highest BCUT2D eigenvalue weighted by molar-refractivity contribution is 6.33. The minimum Gasteiger partial charge on any atom is -0.339 e. The van der Waals surface area contributed by atoms with Gasteiger partial charge in [-0.3, -0.25) is 4.79 Å². The molecule has 126 valence electrons. The second kappa shape index (κ2) is 6.29. The van der Waals surface area contributed by atoms with E-state index in [0.717, 1.165) is 0 Å². The van der Waals surface area contributed by atoms with Crippen LogP contribution in [0.25, 0.3) is 11.4 Å². The van der Waals surface area contributed by atoms with Crippen molar-refractivity contribution in [3.05, 3.63) is 65.3 Å². The molecule has 2 aromatic carbocycles. The standard InChI is InChI=1S/C18H13ClFN3O2/c19-15-7-2-1-6-14(15)17-21-18(25-22-17)11-8-16(24)23(10-11)13-5-3-4-12(20)9-13/h1-7,9,11H,8,10H2. The predicted molar refractivity (Wildman–Crippen MR) is 90.9 cm³/mol. The first-order valence-electron chi connectivity index (χ1n) is 7.76. The second-order valence-corrected chi connectivity index (χ2v) is 6.23. The monoisotopic (exact) mass is 357 g/mol. The van der Waals surface area contributed by atoms with E-state index >= 15 is 0 Å². The third-order valence-electron chi connectivity index (χ3n) is 4.15. The molecule has 0 N–H and O–H groups in total. The molecule has 1 atom stereocenters. The molecule has 1 saturated heterocycles. The van der Waals surface area contributed by atoms with E-state index in [0.29, 0.717) is 34.5 Å². The van der Waals surface area contributed by atoms with Crippen molar-refractivity contribution in [2.45, 2.75) is 12.3 Å². The summed E-state index contributed by atoms with van der Waals surface area (Å²) < 4.78 is 18.7. The fourth-order valence-electron chi connectivity index (χ4n) is 2.92. The highest BCUT2D eigenvalue weighted by Crippen LogP contribution is 2.33. The van der Waals surface area contributed by atoms with Gasteiger partial charge in [-0.25, -0.2) is 4.39 Å². The minimum atomic E-state index is -0.382. The van der Waals surface area contributed by atoms with Crippen LogP contribution in [0.1, 0.15) is 18.2 Å². The van der Waals surface area contributed by atoms with Crippen molar-refractivity contribution in [1.29, 1.82) is 0 Å². The topological polar surface area (TPSA) is 59.2 Å². The van der Waals surface area contributed by atoms with E-state index in [1.165, 1.54) is 17.0 Å². The SMILES string of the molecule is O=C1CC(c2nc(-c3ccccc3Cl)no2)CN1c1cccc(F)c1. The summed E-state index contributed by atoms with van der Waals surface area (Å²) in [6.07, 6.45) is 0.237. The Kier molecular flexibility index (Phi) is 3.97. The lowest BCUT2D eigenvalue weighted by molar-refractivity contribution is -0.117. The third-order valence-corrected chi connectivity index (χ3v) is 4.48. The van der Waals surface area contributed by atoms with Crippen molar-refractivity contribution in [2.24, 2.45) is 0 Å². The van der Waals surface area contributed by atoms with E-state index in [2.05, 4.69) is 10.1 Å². The van der Waals surface area contributed by atoms with E-state index in [4.69, 9.17) is 16.1 Å². The Bertz CT molecular complexity index is 943. The van der Waals surface area contributed by atoms with E-state index < -0.39 is 0 Å². The lowest BCUT2D eigenvalue weighted by Crippen LogP contribution is -2.24. The van der Waals surface area contributed by atoms with Gasteiger partial charge in [-0.1, -0.05) is 35.0 Å². The van der Waals surface area contributed by atoms with Gasteiger partial charge in [0.1, 0.15) is 5.82 Å². The zero-order valence-corrected chi connectivity index (χ0v) is 13.8. The predicted octanol–water partition coefficient (Wildman–Crippen LogP) is 4.05. The molecule has 4 rings (SSSR count). The highest BCUT2D eigenvalue weighted by Gasteiger charge is 2.35. The number of carbonyl (C=O) groups is 1. The van der Waals surface area contributed by atoms with Crippen molar-refractivity contribution in [2.75, 3.05) is 11.4 Å². The highest BCUT2D eigenvalue weighted by atomic mass is 35.5. The molecule has 3 aromatic rings. The van der Waals surface area contributed by atoms with Gasteiger partial charge in [-0.15, -0.1) is 0 Å². The van der Waals surface area contributed by atoms with Crippen LogP contribution < -0.4 is 4.90 Å². The lowest BCUT2D eigenvalue weighted by atomic mass is 10.1. The van der Waals surface area contributed by atoms with Gasteiger partial charge in [0.2, 0.25) is 17.6 Å². The van der Waals surface area contributed by atoms with Gasteiger partial charge < -0.3 is 9.42 Å². The van der Waals surface area contributed by atoms with Crippen molar-refractivity contribution in [1.82, 2.24) is 10.1 Å². The zero-order chi connectivity index (χ0) is 17.4. The first kappa shape index (κ1) is 15.8. The number of rotatable bonds is 3. The molecule has 1 fully saturated rings. The van der Waals surface area contributed by atoms with E-state index in [1.54, 1.807) is 24.3 Å². The van der Waals surface area contributed by atoms with Gasteiger partial charge >= 0.3 is 0 Å². The molecule has 0 bridgehead atoms. The molecule has 0 saturated carbocycles. The molecule has 2 heterocycles. The van der Waals surface area contributed by atoms with Gasteiger partial charge in [0.05, 0.1) is 10.9 Å². The molecule has 1 unspecified atom stereocenters. The van der Waals surface area contributed by atoms with Crippen molar-refractivity contribution < 1.29 is 13.7 Å². The minimum absolute atomic E-state index is 0.104. The summed E-state index contributed by atoms with van der Waals surface area (Å²) in [5, 5.41) is 4.50. The van der Waals surface area contributed by atoms with E-state index in [9.17, 15) is 9.18 Å². The number of hydrogen-bond acceptors (Lipinski definition) is 4. The Morgan fingerprint density at radius 1 is 1.20 bits per heavy atom. The van der Waals surface area contributed by atoms with Crippen LogP contribution in [-0.4, -0.2) is 22.6 Å². The number of carbonyl (C=O) groups excluding carboxylic acids is 1. The fraction of sp³-hybridized carbons (Fsp3) is 0.167. The lowest BCUT2D eigenvalue weighted by Gasteiger charge is -2.15. The number of amides is 1. The van der Waals surface area contributed by atoms with Gasteiger partial charge in [0, 0.05) is 24.2 Å². The summed E-state index contributed by atoms with van der Waals surface area (Å²) in [7, 11) is 0. The zero-order valence-electron chi connectivity index (χ0n) is 13.0. The molecule has 1 aliphatic rings. The summed E-state index contributed by atoms with van der Waals surface area (Å²) in [6.45, 7) is 0.368. The van der Waals surface area contributed by atoms with Crippen LogP contribution in [0.3, 0.4) is 0 Å². The largest absolute Gasteiger partial charge is 0.339 e. The van der Waals surface area contributed by atoms with Crippen molar-refractivity contribution in [3.8, 4) is 11.4 Å². The van der Waals surface area contributed by atoms with Gasteiger partial charge in [-0.05, 0) is 30.3 Å². The maximum atomic E-state index is 13.4. The molecule has 0 aliphatic carbocycles. The normalized spacial score (nSPS) is 17.3. The van der Waals surface area contributed by atoms with E-state index in [-0.39, 0.29) is 24.1 Å². The fourth-order valence-corrected chi connectivity index (χ4v) is 3.14. The summed E-state index contributed by atoms with van der Waals surface area (Å²) in [4.78, 5) is 18.2. The molecular formula is C18H13ClFN3O2. The number of anilines is 1. The average molecular weight is 358 g/mol. The molecule has 0 spiro atoms. The molecular weight excluding hydrogens is 345 g/mol. The number of benzene rings is 2. The Balaban J connectivity index is 1.58. The smallest absolute Gasteiger partial charge is 0.232 e. The van der Waals surface area contributed by atoms with Gasteiger partial charge in [-0.2, -0.15) is 4.98 Å². The molecule has 1 aliphatic heterocycles. The first-order chi connectivity index (χ1) is 12.1. The molecule has 0 radical (unpaired) electrons. The number of aromatic nitrogens is 2. The van der Waals surface area contributed by atoms with E-state index in [1.807, 2.05) is 12.1 Å². The molecule has 1 amide bonds. The Morgan fingerprint density at radius 3 is 2.84 bits per heavy atom. The first-order valence-corrected chi connectivity index (χ1v) is 8.14. The van der Waals surface area contributed by atoms with Crippen LogP contribution in [0, 0.1) is 5.82 Å². The molecule has 25 heavy (non-hydrogen) atoms. The van der Waals surface area contributed by atoms with Crippen molar-refractivity contribution >= 4 is 23.2 Å². The Labute approximate surface area is 148 Å². The summed E-state index contributed by atoms with van der Waals surface area (Å²) in [6, 6.07) is 13.2. The average Bonchev–Trinajstić information content (AvgIpc) is 3.22. The third kappa shape index (κ3) is 3.00. The van der Waals surface area contributed by atoms with Crippen LogP contribution in [-0.2, 0) is 4.79 Å². The summed E-state index contributed by atoms with van der Waals surface area (Å²) in [5.41, 5.74) is 1.20. The van der Waals surface area contributed by atoms with Crippen molar-refractivity contribution in [3.63, 3.8) is 0 Å². The van der Waals surface area contributed by atoms with Crippen LogP contribution >= 0.6 is 11.6 Å². The Morgan fingerprint density at radius 2 is 2.04 bits per heavy atom. The van der Waals surface area contributed by atoms with Crippen LogP contribution in [0.2, 0.25) is 5.02 Å². The summed E-state index contributed by atoms with van der Waals surface area (Å²) >= 11 is 6.15. The number of hydrogen-bond donors (Lipinski definition) is 0. The molecule has 5 nitrogen and oxygen atoms in total. The second-order valence-electron chi connectivity index (χ2n) is 5.82. The van der Waals surface area contributed by atoms with Crippen LogP contribution in [0.5, 0.6) is 0 Å². The van der Waals surface area contributed by atoms with Gasteiger partial charge in [0.25, 0.3) is 0 Å². The van der Waals surface area contributed by atoms with Crippen LogP contribution in [0.15, 0.2) is 53.1 Å².